The van der Waals surface area contributed by atoms with Crippen LogP contribution in [0.1, 0.15) is 32.1 Å². The Balaban J connectivity index is 1.56. The third-order valence-electron chi connectivity index (χ3n) is 4.80. The van der Waals surface area contributed by atoms with Crippen molar-refractivity contribution in [3.05, 3.63) is 12.4 Å². The molecule has 0 saturated carbocycles. The van der Waals surface area contributed by atoms with Crippen molar-refractivity contribution >= 4 is 6.03 Å². The van der Waals surface area contributed by atoms with Crippen molar-refractivity contribution in [2.75, 3.05) is 20.8 Å². The van der Waals surface area contributed by atoms with E-state index in [1.54, 1.807) is 4.90 Å². The molecule has 0 aromatic heterocycles. The van der Waals surface area contributed by atoms with E-state index in [1.165, 1.54) is 19.3 Å². The van der Waals surface area contributed by atoms with Gasteiger partial charge in [-0.25, -0.2) is 4.79 Å². The molecule has 5 nitrogen and oxygen atoms in total. The van der Waals surface area contributed by atoms with Crippen LogP contribution in [-0.4, -0.2) is 59.6 Å². The molecule has 0 spiro atoms. The second-order valence-corrected chi connectivity index (χ2v) is 6.19. The topological polar surface area (TPSA) is 38.8 Å². The number of carbonyl (C=O) groups excluding carboxylic acids is 1. The number of hydrogen-bond donors (Lipinski definition) is 1. The van der Waals surface area contributed by atoms with Gasteiger partial charge in [0.25, 0.3) is 0 Å². The fourth-order valence-electron chi connectivity index (χ4n) is 3.65. The molecule has 0 aliphatic carbocycles. The van der Waals surface area contributed by atoms with Gasteiger partial charge >= 0.3 is 6.03 Å². The zero-order valence-corrected chi connectivity index (χ0v) is 11.9. The predicted molar refractivity (Wildman–Crippen MR) is 74.4 cm³/mol. The first kappa shape index (κ1) is 12.8. The van der Waals surface area contributed by atoms with Crippen molar-refractivity contribution in [2.45, 2.75) is 50.2 Å². The van der Waals surface area contributed by atoms with Crippen LogP contribution in [0, 0.1) is 0 Å². The standard InChI is InChI=1S/C14H24N4O/c1-16-6-7-18(10-16)14(19)15-11-8-12-4-3-5-13(9-11)17(12)2/h6-7,11-13H,3-5,8-10H2,1-2H3,(H,15,19)/t11?,12-,13+. The largest absolute Gasteiger partial charge is 0.361 e. The number of urea groups is 1. The number of piperidine rings is 2. The summed E-state index contributed by atoms with van der Waals surface area (Å²) >= 11 is 0. The van der Waals surface area contributed by atoms with Crippen LogP contribution in [0.5, 0.6) is 0 Å². The first-order chi connectivity index (χ1) is 9.13. The summed E-state index contributed by atoms with van der Waals surface area (Å²) in [6, 6.07) is 1.72. The normalized spacial score (nSPS) is 34.7. The van der Waals surface area contributed by atoms with E-state index in [0.717, 1.165) is 12.8 Å². The van der Waals surface area contributed by atoms with E-state index in [4.69, 9.17) is 0 Å². The smallest absolute Gasteiger partial charge is 0.323 e. The van der Waals surface area contributed by atoms with Crippen molar-refractivity contribution in [1.82, 2.24) is 20.0 Å². The highest BCUT2D eigenvalue weighted by atomic mass is 16.2. The van der Waals surface area contributed by atoms with Crippen LogP contribution in [0.25, 0.3) is 0 Å². The van der Waals surface area contributed by atoms with Crippen molar-refractivity contribution in [3.63, 3.8) is 0 Å². The summed E-state index contributed by atoms with van der Waals surface area (Å²) in [5.74, 6) is 0. The van der Waals surface area contributed by atoms with E-state index >= 15 is 0 Å². The summed E-state index contributed by atoms with van der Waals surface area (Å²) in [6.07, 6.45) is 9.91. The fraction of sp³-hybridized carbons (Fsp3) is 0.786. The van der Waals surface area contributed by atoms with Gasteiger partial charge in [0.1, 0.15) is 0 Å². The van der Waals surface area contributed by atoms with E-state index in [2.05, 4.69) is 17.3 Å². The molecule has 3 heterocycles. The summed E-state index contributed by atoms with van der Waals surface area (Å²) in [4.78, 5) is 18.5. The van der Waals surface area contributed by atoms with Gasteiger partial charge in [-0.15, -0.1) is 0 Å². The van der Waals surface area contributed by atoms with Crippen molar-refractivity contribution in [1.29, 1.82) is 0 Å². The highest BCUT2D eigenvalue weighted by molar-refractivity contribution is 5.75. The third-order valence-corrected chi connectivity index (χ3v) is 4.80. The molecule has 2 fully saturated rings. The van der Waals surface area contributed by atoms with Crippen molar-refractivity contribution in [3.8, 4) is 0 Å². The Hall–Kier alpha value is -1.23. The highest BCUT2D eigenvalue weighted by Gasteiger charge is 2.36. The number of nitrogens with zero attached hydrogens (tertiary/aromatic N) is 3. The molecule has 3 aliphatic heterocycles. The fourth-order valence-corrected chi connectivity index (χ4v) is 3.65. The zero-order chi connectivity index (χ0) is 13.4. The molecule has 19 heavy (non-hydrogen) atoms. The first-order valence-electron chi connectivity index (χ1n) is 7.31. The minimum atomic E-state index is 0.0493. The molecule has 5 heteroatoms. The third kappa shape index (κ3) is 2.56. The average molecular weight is 264 g/mol. The van der Waals surface area contributed by atoms with Crippen LogP contribution in [0.3, 0.4) is 0 Å². The van der Waals surface area contributed by atoms with E-state index in [1.807, 2.05) is 24.3 Å². The lowest BCUT2D eigenvalue weighted by molar-refractivity contribution is 0.0498. The molecule has 3 atom stereocenters. The van der Waals surface area contributed by atoms with Gasteiger partial charge < -0.3 is 15.1 Å². The average Bonchev–Trinajstić information content (AvgIpc) is 2.77. The van der Waals surface area contributed by atoms with Crippen molar-refractivity contribution in [2.24, 2.45) is 0 Å². The zero-order valence-electron chi connectivity index (χ0n) is 11.9. The van der Waals surface area contributed by atoms with Crippen LogP contribution in [-0.2, 0) is 0 Å². The van der Waals surface area contributed by atoms with Gasteiger partial charge in [0.15, 0.2) is 0 Å². The maximum Gasteiger partial charge on any atom is 0.323 e. The summed E-state index contributed by atoms with van der Waals surface area (Å²) in [5, 5.41) is 3.21. The molecular formula is C14H24N4O. The van der Waals surface area contributed by atoms with Crippen LogP contribution in [0.2, 0.25) is 0 Å². The van der Waals surface area contributed by atoms with Gasteiger partial charge in [0.2, 0.25) is 0 Å². The molecule has 106 valence electrons. The van der Waals surface area contributed by atoms with E-state index in [9.17, 15) is 4.79 Å². The Kier molecular flexibility index (Phi) is 3.39. The minimum Gasteiger partial charge on any atom is -0.361 e. The Morgan fingerprint density at radius 2 is 1.84 bits per heavy atom. The maximum absolute atomic E-state index is 12.2. The number of hydrogen-bond acceptors (Lipinski definition) is 3. The number of carbonyl (C=O) groups is 1. The van der Waals surface area contributed by atoms with Gasteiger partial charge in [0.05, 0.1) is 6.67 Å². The van der Waals surface area contributed by atoms with Gasteiger partial charge in [-0.1, -0.05) is 6.42 Å². The molecule has 1 unspecified atom stereocenters. The second kappa shape index (κ2) is 5.04. The van der Waals surface area contributed by atoms with Crippen LogP contribution in [0.15, 0.2) is 12.4 Å². The monoisotopic (exact) mass is 264 g/mol. The molecule has 3 aliphatic rings. The SMILES string of the molecule is CN1C=CN(C(=O)NC2C[C@H]3CCC[C@@H](C2)N3C)C1. The molecule has 2 amide bonds. The molecule has 0 radical (unpaired) electrons. The molecule has 1 N–H and O–H groups in total. The number of rotatable bonds is 1. The quantitative estimate of drug-likeness (QED) is 0.778. The molecule has 0 aromatic carbocycles. The van der Waals surface area contributed by atoms with E-state index in [-0.39, 0.29) is 6.03 Å². The van der Waals surface area contributed by atoms with Gasteiger partial charge in [0, 0.05) is 37.6 Å². The van der Waals surface area contributed by atoms with E-state index in [0.29, 0.717) is 24.8 Å². The molecule has 0 aromatic rings. The van der Waals surface area contributed by atoms with Gasteiger partial charge in [-0.2, -0.15) is 0 Å². The Bertz CT molecular complexity index is 370. The van der Waals surface area contributed by atoms with Crippen LogP contribution in [0.4, 0.5) is 4.79 Å². The number of fused-ring (bicyclic) bond motifs is 2. The Morgan fingerprint density at radius 1 is 1.16 bits per heavy atom. The molecular weight excluding hydrogens is 240 g/mol. The van der Waals surface area contributed by atoms with Crippen molar-refractivity contribution < 1.29 is 4.79 Å². The van der Waals surface area contributed by atoms with Gasteiger partial charge in [-0.3, -0.25) is 4.90 Å². The Morgan fingerprint density at radius 3 is 2.42 bits per heavy atom. The van der Waals surface area contributed by atoms with E-state index < -0.39 is 0 Å². The summed E-state index contributed by atoms with van der Waals surface area (Å²) < 4.78 is 0. The summed E-state index contributed by atoms with van der Waals surface area (Å²) in [5.41, 5.74) is 0. The lowest BCUT2D eigenvalue weighted by Gasteiger charge is -2.47. The first-order valence-corrected chi connectivity index (χ1v) is 7.31. The van der Waals surface area contributed by atoms with Crippen LogP contribution >= 0.6 is 0 Å². The molecule has 2 bridgehead atoms. The maximum atomic E-state index is 12.2. The predicted octanol–water partition coefficient (Wildman–Crippen LogP) is 1.39. The lowest BCUT2D eigenvalue weighted by Crippen LogP contribution is -2.56. The molecule has 2 saturated heterocycles. The highest BCUT2D eigenvalue weighted by Crippen LogP contribution is 2.32. The summed E-state index contributed by atoms with van der Waals surface area (Å²) in [7, 11) is 4.22. The van der Waals surface area contributed by atoms with Crippen LogP contribution < -0.4 is 5.32 Å². The Labute approximate surface area is 115 Å². The lowest BCUT2D eigenvalue weighted by atomic mass is 9.82. The number of amides is 2. The summed E-state index contributed by atoms with van der Waals surface area (Å²) in [6.45, 7) is 0.658. The van der Waals surface area contributed by atoms with Gasteiger partial charge in [-0.05, 0) is 32.7 Å². The number of nitrogens with one attached hydrogen (secondary N) is 1. The minimum absolute atomic E-state index is 0.0493. The molecule has 3 rings (SSSR count). The second-order valence-electron chi connectivity index (χ2n) is 6.19.